The van der Waals surface area contributed by atoms with E-state index in [2.05, 4.69) is 5.32 Å². The van der Waals surface area contributed by atoms with Gasteiger partial charge in [-0.25, -0.2) is 12.7 Å². The predicted octanol–water partition coefficient (Wildman–Crippen LogP) is 3.32. The lowest BCUT2D eigenvalue weighted by atomic mass is 9.98. The quantitative estimate of drug-likeness (QED) is 0.639. The van der Waals surface area contributed by atoms with E-state index in [9.17, 15) is 13.2 Å². The topological polar surface area (TPSA) is 84.9 Å². The third-order valence-electron chi connectivity index (χ3n) is 5.53. The first-order valence-electron chi connectivity index (χ1n) is 10.5. The van der Waals surface area contributed by atoms with Crippen LogP contribution in [0.15, 0.2) is 48.5 Å². The standard InChI is InChI=1S/C23H30N2O5S/c1-29-20-12-13-21(22(16-20)30-2)24-23(26)19-11-6-14-25(17-19)31(27,28)15-7-10-18-8-4-3-5-9-18/h3-5,8-9,12-13,16,19H,6-7,10-11,14-15,17H2,1-2H3,(H,24,26)/t19-/m1/s1. The third kappa shape index (κ3) is 6.21. The van der Waals surface area contributed by atoms with Gasteiger partial charge in [0.05, 0.1) is 31.6 Å². The van der Waals surface area contributed by atoms with Gasteiger partial charge < -0.3 is 14.8 Å². The Bertz CT molecular complexity index is 979. The van der Waals surface area contributed by atoms with Crippen molar-refractivity contribution >= 4 is 21.6 Å². The second-order valence-electron chi connectivity index (χ2n) is 7.66. The smallest absolute Gasteiger partial charge is 0.228 e. The lowest BCUT2D eigenvalue weighted by Crippen LogP contribution is -2.44. The van der Waals surface area contributed by atoms with E-state index in [0.29, 0.717) is 43.0 Å². The van der Waals surface area contributed by atoms with Gasteiger partial charge in [0.15, 0.2) is 0 Å². The summed E-state index contributed by atoms with van der Waals surface area (Å²) in [5, 5.41) is 2.88. The molecular formula is C23H30N2O5S. The largest absolute Gasteiger partial charge is 0.497 e. The Morgan fingerprint density at radius 3 is 2.61 bits per heavy atom. The van der Waals surface area contributed by atoms with Crippen LogP contribution in [0, 0.1) is 5.92 Å². The number of nitrogens with zero attached hydrogens (tertiary/aromatic N) is 1. The van der Waals surface area contributed by atoms with Crippen LogP contribution in [0.1, 0.15) is 24.8 Å². The Balaban J connectivity index is 1.58. The summed E-state index contributed by atoms with van der Waals surface area (Å²) in [4.78, 5) is 12.8. The van der Waals surface area contributed by atoms with Gasteiger partial charge in [-0.1, -0.05) is 30.3 Å². The summed E-state index contributed by atoms with van der Waals surface area (Å²) in [6, 6.07) is 15.0. The number of carbonyl (C=O) groups is 1. The van der Waals surface area contributed by atoms with Crippen LogP contribution in [0.5, 0.6) is 11.5 Å². The monoisotopic (exact) mass is 446 g/mol. The van der Waals surface area contributed by atoms with Crippen molar-refractivity contribution in [2.45, 2.75) is 25.7 Å². The molecule has 0 saturated carbocycles. The fourth-order valence-electron chi connectivity index (χ4n) is 3.78. The summed E-state index contributed by atoms with van der Waals surface area (Å²) in [5.41, 5.74) is 1.66. The Hall–Kier alpha value is -2.58. The van der Waals surface area contributed by atoms with Gasteiger partial charge in [0, 0.05) is 19.2 Å². The van der Waals surface area contributed by atoms with Crippen molar-refractivity contribution in [1.82, 2.24) is 4.31 Å². The Labute approximate surface area is 184 Å². The molecule has 1 atom stereocenters. The molecule has 7 nitrogen and oxygen atoms in total. The van der Waals surface area contributed by atoms with Gasteiger partial charge in [0.25, 0.3) is 0 Å². The van der Waals surface area contributed by atoms with E-state index in [1.165, 1.54) is 11.4 Å². The van der Waals surface area contributed by atoms with Crippen LogP contribution in [0.25, 0.3) is 0 Å². The summed E-state index contributed by atoms with van der Waals surface area (Å²) >= 11 is 0. The Morgan fingerprint density at radius 2 is 1.90 bits per heavy atom. The van der Waals surface area contributed by atoms with Gasteiger partial charge in [-0.15, -0.1) is 0 Å². The van der Waals surface area contributed by atoms with Crippen LogP contribution < -0.4 is 14.8 Å². The molecule has 2 aromatic carbocycles. The molecule has 0 bridgehead atoms. The van der Waals surface area contributed by atoms with E-state index in [4.69, 9.17) is 9.47 Å². The Kier molecular flexibility index (Phi) is 7.92. The minimum absolute atomic E-state index is 0.0858. The average molecular weight is 447 g/mol. The van der Waals surface area contributed by atoms with Gasteiger partial charge in [-0.2, -0.15) is 0 Å². The van der Waals surface area contributed by atoms with Crippen molar-refractivity contribution < 1.29 is 22.7 Å². The number of sulfonamides is 1. The summed E-state index contributed by atoms with van der Waals surface area (Å²) in [5.74, 6) is 0.606. The molecule has 1 aliphatic heterocycles. The molecule has 1 amide bonds. The van der Waals surface area contributed by atoms with Gasteiger partial charge >= 0.3 is 0 Å². The molecule has 1 fully saturated rings. The van der Waals surface area contributed by atoms with Crippen molar-refractivity contribution in [1.29, 1.82) is 0 Å². The molecule has 1 N–H and O–H groups in total. The van der Waals surface area contributed by atoms with Crippen LogP contribution >= 0.6 is 0 Å². The maximum Gasteiger partial charge on any atom is 0.228 e. The summed E-state index contributed by atoms with van der Waals surface area (Å²) in [7, 11) is -0.320. The molecule has 0 spiro atoms. The molecule has 1 saturated heterocycles. The average Bonchev–Trinajstić information content (AvgIpc) is 2.80. The van der Waals surface area contributed by atoms with Crippen molar-refractivity contribution in [3.8, 4) is 11.5 Å². The molecular weight excluding hydrogens is 416 g/mol. The van der Waals surface area contributed by atoms with Gasteiger partial charge in [0.1, 0.15) is 11.5 Å². The number of aryl methyl sites for hydroxylation is 1. The van der Waals surface area contributed by atoms with E-state index in [1.54, 1.807) is 25.3 Å². The number of nitrogens with one attached hydrogen (secondary N) is 1. The molecule has 0 aromatic heterocycles. The molecule has 8 heteroatoms. The highest BCUT2D eigenvalue weighted by Gasteiger charge is 2.32. The van der Waals surface area contributed by atoms with E-state index in [1.807, 2.05) is 30.3 Å². The predicted molar refractivity (Wildman–Crippen MR) is 121 cm³/mol. The minimum Gasteiger partial charge on any atom is -0.497 e. The number of piperidine rings is 1. The lowest BCUT2D eigenvalue weighted by molar-refractivity contribution is -0.120. The van der Waals surface area contributed by atoms with Crippen LogP contribution in [-0.4, -0.2) is 51.7 Å². The van der Waals surface area contributed by atoms with Crippen LogP contribution in [0.3, 0.4) is 0 Å². The maximum atomic E-state index is 12.8. The number of ether oxygens (including phenoxy) is 2. The van der Waals surface area contributed by atoms with Crippen molar-refractivity contribution in [2.24, 2.45) is 5.92 Å². The van der Waals surface area contributed by atoms with E-state index in [-0.39, 0.29) is 18.2 Å². The SMILES string of the molecule is COc1ccc(NC(=O)[C@@H]2CCCN(S(=O)(=O)CCCc3ccccc3)C2)c(OC)c1. The van der Waals surface area contributed by atoms with E-state index in [0.717, 1.165) is 12.0 Å². The number of anilines is 1. The van der Waals surface area contributed by atoms with Crippen LogP contribution in [0.2, 0.25) is 0 Å². The zero-order chi connectivity index (χ0) is 22.3. The molecule has 168 valence electrons. The Morgan fingerprint density at radius 1 is 1.13 bits per heavy atom. The number of amides is 1. The highest BCUT2D eigenvalue weighted by atomic mass is 32.2. The maximum absolute atomic E-state index is 12.8. The summed E-state index contributed by atoms with van der Waals surface area (Å²) < 4.78 is 37.6. The zero-order valence-corrected chi connectivity index (χ0v) is 18.9. The fourth-order valence-corrected chi connectivity index (χ4v) is 5.36. The molecule has 0 radical (unpaired) electrons. The van der Waals surface area contributed by atoms with Crippen molar-refractivity contribution in [2.75, 3.05) is 38.4 Å². The van der Waals surface area contributed by atoms with Crippen molar-refractivity contribution in [3.05, 3.63) is 54.1 Å². The number of methoxy groups -OCH3 is 2. The van der Waals surface area contributed by atoms with Gasteiger partial charge in [0.2, 0.25) is 15.9 Å². The first kappa shape index (κ1) is 23.1. The number of carbonyl (C=O) groups excluding carboxylic acids is 1. The van der Waals surface area contributed by atoms with Gasteiger partial charge in [-0.05, 0) is 43.4 Å². The molecule has 2 aromatic rings. The highest BCUT2D eigenvalue weighted by Crippen LogP contribution is 2.30. The molecule has 3 rings (SSSR count). The normalized spacial score (nSPS) is 17.2. The number of rotatable bonds is 9. The van der Waals surface area contributed by atoms with Crippen LogP contribution in [0.4, 0.5) is 5.69 Å². The molecule has 1 aliphatic rings. The first-order valence-corrected chi connectivity index (χ1v) is 12.1. The second kappa shape index (κ2) is 10.6. The zero-order valence-electron chi connectivity index (χ0n) is 18.0. The fraction of sp³-hybridized carbons (Fsp3) is 0.435. The minimum atomic E-state index is -3.40. The summed E-state index contributed by atoms with van der Waals surface area (Å²) in [6.45, 7) is 0.668. The van der Waals surface area contributed by atoms with E-state index >= 15 is 0 Å². The van der Waals surface area contributed by atoms with Crippen LogP contribution in [-0.2, 0) is 21.2 Å². The number of hydrogen-bond donors (Lipinski definition) is 1. The van der Waals surface area contributed by atoms with E-state index < -0.39 is 15.9 Å². The highest BCUT2D eigenvalue weighted by molar-refractivity contribution is 7.89. The lowest BCUT2D eigenvalue weighted by Gasteiger charge is -2.31. The van der Waals surface area contributed by atoms with Gasteiger partial charge in [-0.3, -0.25) is 4.79 Å². The molecule has 31 heavy (non-hydrogen) atoms. The molecule has 0 unspecified atom stereocenters. The second-order valence-corrected chi connectivity index (χ2v) is 9.75. The molecule has 1 heterocycles. The summed E-state index contributed by atoms with van der Waals surface area (Å²) in [6.07, 6.45) is 2.59. The van der Waals surface area contributed by atoms with Crippen molar-refractivity contribution in [3.63, 3.8) is 0 Å². The number of hydrogen-bond acceptors (Lipinski definition) is 5. The number of benzene rings is 2. The third-order valence-corrected chi connectivity index (χ3v) is 7.45. The molecule has 0 aliphatic carbocycles. The first-order chi connectivity index (χ1) is 14.9.